The number of benzene rings is 1. The van der Waals surface area contributed by atoms with Crippen molar-refractivity contribution in [3.05, 3.63) is 47.3 Å². The zero-order valence-electron chi connectivity index (χ0n) is 17.0. The van der Waals surface area contributed by atoms with Crippen molar-refractivity contribution in [1.29, 1.82) is 0 Å². The number of aryl methyl sites for hydroxylation is 2. The van der Waals surface area contributed by atoms with Gasteiger partial charge in [0.25, 0.3) is 12.1 Å². The Labute approximate surface area is 184 Å². The summed E-state index contributed by atoms with van der Waals surface area (Å²) < 4.78 is 122. The van der Waals surface area contributed by atoms with Gasteiger partial charge in [0.15, 0.2) is 0 Å². The Morgan fingerprint density at radius 3 is 2.06 bits per heavy atom. The molecular weight excluding hydrogens is 487 g/mol. The van der Waals surface area contributed by atoms with E-state index in [1.54, 1.807) is 6.92 Å². The van der Waals surface area contributed by atoms with Crippen molar-refractivity contribution in [2.24, 2.45) is 0 Å². The van der Waals surface area contributed by atoms with Gasteiger partial charge in [-0.15, -0.1) is 0 Å². The number of hydrogen-bond acceptors (Lipinski definition) is 6. The maximum atomic E-state index is 13.0. The van der Waals surface area contributed by atoms with E-state index in [1.807, 2.05) is 0 Å². The van der Waals surface area contributed by atoms with Crippen LogP contribution in [-0.4, -0.2) is 43.2 Å². The van der Waals surface area contributed by atoms with Crippen LogP contribution in [0, 0.1) is 13.8 Å². The second kappa shape index (κ2) is 8.64. The molecule has 0 saturated carbocycles. The summed E-state index contributed by atoms with van der Waals surface area (Å²) in [5.74, 6) is -1.22. The zero-order chi connectivity index (χ0) is 25.5. The molecule has 1 N–H and O–H groups in total. The van der Waals surface area contributed by atoms with Crippen LogP contribution in [0.25, 0.3) is 5.95 Å². The monoisotopic (exact) mass is 500 g/mol. The summed E-state index contributed by atoms with van der Waals surface area (Å²) in [4.78, 5) is 10.7. The quantitative estimate of drug-likeness (QED) is 0.479. The van der Waals surface area contributed by atoms with E-state index in [2.05, 4.69) is 30.1 Å². The van der Waals surface area contributed by atoms with E-state index in [-0.39, 0.29) is 5.69 Å². The standard InChI is InChI=1S/C18H13F9N6O/c1-8-6-9(2)33(32-8)14-29-13(28-11-5-3-4-10(7-11)16(19,20)21)30-15(31-14)34-12(17(22,23)24)18(25,26)27/h3-7,12H,1-2H3,(H,28,29,30,31). The summed E-state index contributed by atoms with van der Waals surface area (Å²) in [5.41, 5.74) is -0.565. The van der Waals surface area contributed by atoms with Gasteiger partial charge in [-0.3, -0.25) is 0 Å². The summed E-state index contributed by atoms with van der Waals surface area (Å²) in [6.45, 7) is 3.05. The molecule has 184 valence electrons. The maximum absolute atomic E-state index is 13.0. The Kier molecular flexibility index (Phi) is 6.36. The molecule has 1 aromatic carbocycles. The third kappa shape index (κ3) is 5.85. The van der Waals surface area contributed by atoms with Crippen molar-refractivity contribution in [2.75, 3.05) is 5.32 Å². The Hall–Kier alpha value is -3.59. The lowest BCUT2D eigenvalue weighted by Crippen LogP contribution is -2.47. The lowest BCUT2D eigenvalue weighted by Gasteiger charge is -2.23. The molecule has 0 fully saturated rings. The molecule has 2 aromatic heterocycles. The van der Waals surface area contributed by atoms with Crippen molar-refractivity contribution in [3.8, 4) is 12.0 Å². The van der Waals surface area contributed by atoms with E-state index in [1.165, 1.54) is 13.0 Å². The lowest BCUT2D eigenvalue weighted by molar-refractivity contribution is -0.301. The van der Waals surface area contributed by atoms with Crippen LogP contribution < -0.4 is 10.1 Å². The summed E-state index contributed by atoms with van der Waals surface area (Å²) >= 11 is 0. The highest BCUT2D eigenvalue weighted by Gasteiger charge is 2.59. The Morgan fingerprint density at radius 2 is 1.53 bits per heavy atom. The van der Waals surface area contributed by atoms with E-state index in [9.17, 15) is 39.5 Å². The highest BCUT2D eigenvalue weighted by molar-refractivity contribution is 5.55. The average Bonchev–Trinajstić information content (AvgIpc) is 3.02. The third-order valence-electron chi connectivity index (χ3n) is 4.07. The molecule has 0 aliphatic heterocycles. The number of nitrogens with zero attached hydrogens (tertiary/aromatic N) is 5. The minimum atomic E-state index is -5.86. The maximum Gasteiger partial charge on any atom is 0.434 e. The van der Waals surface area contributed by atoms with Gasteiger partial charge in [-0.1, -0.05) is 6.07 Å². The molecule has 2 heterocycles. The fourth-order valence-electron chi connectivity index (χ4n) is 2.71. The molecule has 0 unspecified atom stereocenters. The van der Waals surface area contributed by atoms with Crippen molar-refractivity contribution in [2.45, 2.75) is 38.5 Å². The van der Waals surface area contributed by atoms with Crippen LogP contribution in [0.4, 0.5) is 51.1 Å². The number of aromatic nitrogens is 5. The fraction of sp³-hybridized carbons (Fsp3) is 0.333. The smallest absolute Gasteiger partial charge is 0.434 e. The molecule has 7 nitrogen and oxygen atoms in total. The van der Waals surface area contributed by atoms with E-state index >= 15 is 0 Å². The van der Waals surface area contributed by atoms with Crippen LogP contribution in [0.3, 0.4) is 0 Å². The van der Waals surface area contributed by atoms with Crippen molar-refractivity contribution < 1.29 is 44.3 Å². The Balaban J connectivity index is 2.08. The molecular formula is C18H13F9N6O. The molecule has 0 aliphatic rings. The molecule has 0 saturated heterocycles. The number of rotatable bonds is 5. The van der Waals surface area contributed by atoms with E-state index in [4.69, 9.17) is 0 Å². The third-order valence-corrected chi connectivity index (χ3v) is 4.07. The molecule has 34 heavy (non-hydrogen) atoms. The van der Waals surface area contributed by atoms with Crippen molar-refractivity contribution >= 4 is 11.6 Å². The van der Waals surface area contributed by atoms with Crippen LogP contribution in [-0.2, 0) is 6.18 Å². The SMILES string of the molecule is Cc1cc(C)n(-c2nc(Nc3cccc(C(F)(F)F)c3)nc(OC(C(F)(F)F)C(F)(F)F)n2)n1. The van der Waals surface area contributed by atoms with Gasteiger partial charge >= 0.3 is 24.5 Å². The molecule has 0 radical (unpaired) electrons. The number of hydrogen-bond donors (Lipinski definition) is 1. The first-order chi connectivity index (χ1) is 15.5. The van der Waals surface area contributed by atoms with Gasteiger partial charge < -0.3 is 10.1 Å². The highest BCUT2D eigenvalue weighted by atomic mass is 19.4. The number of ether oxygens (including phenoxy) is 1. The normalized spacial score (nSPS) is 12.8. The topological polar surface area (TPSA) is 77.8 Å². The van der Waals surface area contributed by atoms with Crippen molar-refractivity contribution in [3.63, 3.8) is 0 Å². The number of nitrogens with one attached hydrogen (secondary N) is 1. The van der Waals surface area contributed by atoms with Gasteiger partial charge in [0, 0.05) is 11.4 Å². The second-order valence-electron chi connectivity index (χ2n) is 6.87. The average molecular weight is 500 g/mol. The van der Waals surface area contributed by atoms with Crippen molar-refractivity contribution in [1.82, 2.24) is 24.7 Å². The number of alkyl halides is 9. The number of halogens is 9. The largest absolute Gasteiger partial charge is 0.440 e. The highest BCUT2D eigenvalue weighted by Crippen LogP contribution is 2.36. The minimum Gasteiger partial charge on any atom is -0.440 e. The van der Waals surface area contributed by atoms with Crippen LogP contribution in [0.5, 0.6) is 6.01 Å². The fourth-order valence-corrected chi connectivity index (χ4v) is 2.71. The van der Waals surface area contributed by atoms with Gasteiger partial charge in [0.05, 0.1) is 11.3 Å². The summed E-state index contributed by atoms with van der Waals surface area (Å²) in [6, 6.07) is 3.70. The van der Waals surface area contributed by atoms with Crippen LogP contribution in [0.2, 0.25) is 0 Å². The molecule has 16 heteroatoms. The van der Waals surface area contributed by atoms with E-state index in [0.29, 0.717) is 17.5 Å². The Bertz CT molecular complexity index is 1160. The summed E-state index contributed by atoms with van der Waals surface area (Å²) in [7, 11) is 0. The minimum absolute atomic E-state index is 0.255. The van der Waals surface area contributed by atoms with E-state index in [0.717, 1.165) is 22.9 Å². The molecule has 0 aliphatic carbocycles. The van der Waals surface area contributed by atoms with E-state index < -0.39 is 48.1 Å². The predicted molar refractivity (Wildman–Crippen MR) is 97.7 cm³/mol. The van der Waals surface area contributed by atoms with Gasteiger partial charge in [-0.05, 0) is 38.1 Å². The van der Waals surface area contributed by atoms with Gasteiger partial charge in [-0.2, -0.15) is 59.6 Å². The predicted octanol–water partition coefficient (Wildman–Crippen LogP) is 5.31. The molecule has 0 bridgehead atoms. The molecule has 0 atom stereocenters. The zero-order valence-corrected chi connectivity index (χ0v) is 17.0. The molecule has 0 spiro atoms. The number of anilines is 2. The van der Waals surface area contributed by atoms with Gasteiger partial charge in [0.2, 0.25) is 5.95 Å². The Morgan fingerprint density at radius 1 is 0.882 bits per heavy atom. The first kappa shape index (κ1) is 25.0. The van der Waals surface area contributed by atoms with Crippen LogP contribution in [0.1, 0.15) is 17.0 Å². The van der Waals surface area contributed by atoms with Gasteiger partial charge in [-0.25, -0.2) is 4.68 Å². The summed E-state index contributed by atoms with van der Waals surface area (Å²) in [5, 5.41) is 6.28. The summed E-state index contributed by atoms with van der Waals surface area (Å²) in [6.07, 6.45) is -20.7. The first-order valence-corrected chi connectivity index (χ1v) is 9.08. The molecule has 0 amide bonds. The van der Waals surface area contributed by atoms with Gasteiger partial charge in [0.1, 0.15) is 0 Å². The molecule has 3 rings (SSSR count). The van der Waals surface area contributed by atoms with Crippen LogP contribution >= 0.6 is 0 Å². The molecule has 3 aromatic rings. The lowest BCUT2D eigenvalue weighted by atomic mass is 10.2. The second-order valence-corrected chi connectivity index (χ2v) is 6.87. The van der Waals surface area contributed by atoms with Crippen LogP contribution in [0.15, 0.2) is 30.3 Å². The first-order valence-electron chi connectivity index (χ1n) is 9.08.